The zero-order chi connectivity index (χ0) is 20.8. The monoisotopic (exact) mass is 406 g/mol. The van der Waals surface area contributed by atoms with E-state index >= 15 is 0 Å². The molecule has 2 amide bonds. The summed E-state index contributed by atoms with van der Waals surface area (Å²) in [5.74, 6) is -1.55. The Morgan fingerprint density at radius 1 is 1.39 bits per heavy atom. The molecule has 1 saturated heterocycles. The van der Waals surface area contributed by atoms with Crippen LogP contribution < -0.4 is 4.90 Å². The number of carbonyl (C=O) groups excluding carboxylic acids is 3. The summed E-state index contributed by atoms with van der Waals surface area (Å²) in [4.78, 5) is 38.8. The summed E-state index contributed by atoms with van der Waals surface area (Å²) >= 11 is 0.690. The first-order chi connectivity index (χ1) is 13.0. The number of imide groups is 1. The first kappa shape index (κ1) is 20.4. The van der Waals surface area contributed by atoms with Crippen LogP contribution in [0.5, 0.6) is 0 Å². The molecule has 0 aliphatic carbocycles. The number of anilines is 1. The van der Waals surface area contributed by atoms with Gasteiger partial charge in [-0.15, -0.1) is 0 Å². The van der Waals surface area contributed by atoms with E-state index in [0.717, 1.165) is 22.6 Å². The summed E-state index contributed by atoms with van der Waals surface area (Å²) in [6.07, 6.45) is 2.29. The molecule has 0 aromatic heterocycles. The van der Waals surface area contributed by atoms with Crippen molar-refractivity contribution in [3.63, 3.8) is 0 Å². The highest BCUT2D eigenvalue weighted by Gasteiger charge is 2.38. The highest BCUT2D eigenvalue weighted by Crippen LogP contribution is 2.44. The molecule has 0 radical (unpaired) electrons. The summed E-state index contributed by atoms with van der Waals surface area (Å²) in [6, 6.07) is 3.23. The molecular weight excluding hydrogens is 383 g/mol. The lowest BCUT2D eigenvalue weighted by Crippen LogP contribution is -2.45. The van der Waals surface area contributed by atoms with Gasteiger partial charge in [-0.05, 0) is 61.7 Å². The van der Waals surface area contributed by atoms with Crippen LogP contribution in [0, 0.1) is 5.82 Å². The average Bonchev–Trinajstić information content (AvgIpc) is 2.88. The van der Waals surface area contributed by atoms with E-state index in [-0.39, 0.29) is 21.9 Å². The first-order valence-electron chi connectivity index (χ1n) is 8.94. The van der Waals surface area contributed by atoms with Crippen molar-refractivity contribution >= 4 is 40.6 Å². The number of ether oxygens (including phenoxy) is 1. The van der Waals surface area contributed by atoms with Crippen LogP contribution >= 0.6 is 11.8 Å². The molecule has 8 heteroatoms. The van der Waals surface area contributed by atoms with E-state index < -0.39 is 29.5 Å². The van der Waals surface area contributed by atoms with E-state index in [9.17, 15) is 18.8 Å². The molecule has 1 aromatic carbocycles. The van der Waals surface area contributed by atoms with Crippen LogP contribution in [0.15, 0.2) is 17.0 Å². The maximum Gasteiger partial charge on any atom is 0.325 e. The maximum absolute atomic E-state index is 14.8. The highest BCUT2D eigenvalue weighted by molar-refractivity contribution is 8.18. The van der Waals surface area contributed by atoms with Crippen molar-refractivity contribution < 1.29 is 23.5 Å². The molecule has 1 atom stereocenters. The summed E-state index contributed by atoms with van der Waals surface area (Å²) in [7, 11) is 3.13. The Labute approximate surface area is 167 Å². The second-order valence-corrected chi connectivity index (χ2v) is 8.75. The number of thioether (sulfide) groups is 1. The standard InChI is InChI=1S/C20H23FN2O4S/c1-11-9-20(2,3)22(4)15-8-14(21)12(6-13(11)15)7-16-18(25)23(19(26)28-16)10-17(24)27-5/h6-8,11H,9-10H2,1-5H3/b16-7-. The Morgan fingerprint density at radius 3 is 2.71 bits per heavy atom. The highest BCUT2D eigenvalue weighted by atomic mass is 32.2. The van der Waals surface area contributed by atoms with Gasteiger partial charge in [-0.2, -0.15) is 0 Å². The number of fused-ring (bicyclic) bond motifs is 1. The molecule has 0 saturated carbocycles. The molecule has 0 bridgehead atoms. The van der Waals surface area contributed by atoms with Crippen molar-refractivity contribution in [3.05, 3.63) is 34.0 Å². The molecule has 150 valence electrons. The van der Waals surface area contributed by atoms with Gasteiger partial charge in [0.25, 0.3) is 11.1 Å². The molecule has 2 aliphatic rings. The first-order valence-corrected chi connectivity index (χ1v) is 9.76. The van der Waals surface area contributed by atoms with Crippen LogP contribution in [0.4, 0.5) is 14.9 Å². The summed E-state index contributed by atoms with van der Waals surface area (Å²) in [5.41, 5.74) is 2.00. The van der Waals surface area contributed by atoms with Crippen molar-refractivity contribution in [2.24, 2.45) is 0 Å². The molecule has 28 heavy (non-hydrogen) atoms. The summed E-state index contributed by atoms with van der Waals surface area (Å²) in [5, 5.41) is -0.574. The third-order valence-corrected chi connectivity index (χ3v) is 6.33. The lowest BCUT2D eigenvalue weighted by Gasteiger charge is -2.45. The number of methoxy groups -OCH3 is 1. The molecular formula is C20H23FN2O4S. The van der Waals surface area contributed by atoms with Crippen LogP contribution in [-0.4, -0.2) is 48.3 Å². The second-order valence-electron chi connectivity index (χ2n) is 7.75. The minimum atomic E-state index is -0.692. The van der Waals surface area contributed by atoms with Gasteiger partial charge in [0.15, 0.2) is 0 Å². The van der Waals surface area contributed by atoms with Crippen LogP contribution in [-0.2, 0) is 14.3 Å². The number of carbonyl (C=O) groups is 3. The number of hydrogen-bond acceptors (Lipinski definition) is 6. The second kappa shape index (κ2) is 7.24. The third kappa shape index (κ3) is 3.53. The lowest BCUT2D eigenvalue weighted by atomic mass is 9.80. The van der Waals surface area contributed by atoms with Gasteiger partial charge in [-0.1, -0.05) is 6.92 Å². The predicted octanol–water partition coefficient (Wildman–Crippen LogP) is 3.76. The van der Waals surface area contributed by atoms with Crippen molar-refractivity contribution in [1.82, 2.24) is 4.90 Å². The third-order valence-electron chi connectivity index (χ3n) is 5.43. The molecule has 2 heterocycles. The fourth-order valence-corrected chi connectivity index (χ4v) is 4.52. The van der Waals surface area contributed by atoms with Crippen LogP contribution in [0.3, 0.4) is 0 Å². The number of benzene rings is 1. The van der Waals surface area contributed by atoms with E-state index in [0.29, 0.717) is 11.8 Å². The zero-order valence-corrected chi connectivity index (χ0v) is 17.4. The quantitative estimate of drug-likeness (QED) is 0.563. The molecule has 0 spiro atoms. The number of hydrogen-bond donors (Lipinski definition) is 0. The Kier molecular flexibility index (Phi) is 5.27. The number of nitrogens with zero attached hydrogens (tertiary/aromatic N) is 2. The van der Waals surface area contributed by atoms with Gasteiger partial charge in [0.05, 0.1) is 12.0 Å². The Hall–Kier alpha value is -2.35. The molecule has 1 fully saturated rings. The average molecular weight is 406 g/mol. The van der Waals surface area contributed by atoms with Crippen LogP contribution in [0.2, 0.25) is 0 Å². The Bertz CT molecular complexity index is 896. The van der Waals surface area contributed by atoms with Crippen molar-refractivity contribution in [2.75, 3.05) is 25.6 Å². The van der Waals surface area contributed by atoms with Gasteiger partial charge < -0.3 is 9.64 Å². The molecule has 2 aliphatic heterocycles. The smallest absolute Gasteiger partial charge is 0.325 e. The zero-order valence-electron chi connectivity index (χ0n) is 16.5. The Balaban J connectivity index is 1.96. The maximum atomic E-state index is 14.8. The van der Waals surface area contributed by atoms with Gasteiger partial charge in [-0.25, -0.2) is 4.39 Å². The van der Waals surface area contributed by atoms with E-state index in [4.69, 9.17) is 0 Å². The van der Waals surface area contributed by atoms with Gasteiger partial charge in [0.2, 0.25) is 0 Å². The fourth-order valence-electron chi connectivity index (χ4n) is 3.69. The van der Waals surface area contributed by atoms with E-state index in [1.165, 1.54) is 19.3 Å². The predicted molar refractivity (Wildman–Crippen MR) is 107 cm³/mol. The summed E-state index contributed by atoms with van der Waals surface area (Å²) in [6.45, 7) is 5.88. The van der Waals surface area contributed by atoms with Crippen LogP contribution in [0.1, 0.15) is 44.2 Å². The van der Waals surface area contributed by atoms with Gasteiger partial charge >= 0.3 is 5.97 Å². The SMILES string of the molecule is COC(=O)CN1C(=O)S/C(=C\c2cc3c(cc2F)N(C)C(C)(C)CC3C)C1=O. The minimum absolute atomic E-state index is 0.0864. The van der Waals surface area contributed by atoms with Crippen LogP contribution in [0.25, 0.3) is 6.08 Å². The molecule has 3 rings (SSSR count). The molecule has 0 N–H and O–H groups in total. The van der Waals surface area contributed by atoms with E-state index in [1.807, 2.05) is 7.05 Å². The van der Waals surface area contributed by atoms with Gasteiger partial charge in [0, 0.05) is 23.8 Å². The normalized spacial score (nSPS) is 22.6. The molecule has 6 nitrogen and oxygen atoms in total. The molecule has 1 aromatic rings. The van der Waals surface area contributed by atoms with Gasteiger partial charge in [-0.3, -0.25) is 19.3 Å². The Morgan fingerprint density at radius 2 is 2.07 bits per heavy atom. The van der Waals surface area contributed by atoms with E-state index in [1.54, 1.807) is 6.07 Å². The van der Waals surface area contributed by atoms with Crippen molar-refractivity contribution in [2.45, 2.75) is 38.6 Å². The van der Waals surface area contributed by atoms with Crippen molar-refractivity contribution in [3.8, 4) is 0 Å². The largest absolute Gasteiger partial charge is 0.468 e. The number of esters is 1. The van der Waals surface area contributed by atoms with Crippen molar-refractivity contribution in [1.29, 1.82) is 0 Å². The summed E-state index contributed by atoms with van der Waals surface area (Å²) < 4.78 is 19.3. The van der Waals surface area contributed by atoms with Gasteiger partial charge in [0.1, 0.15) is 12.4 Å². The molecule has 1 unspecified atom stereocenters. The minimum Gasteiger partial charge on any atom is -0.468 e. The topological polar surface area (TPSA) is 66.9 Å². The van der Waals surface area contributed by atoms with E-state index in [2.05, 4.69) is 30.4 Å². The lowest BCUT2D eigenvalue weighted by molar-refractivity contribution is -0.143. The number of amides is 2. The fraction of sp³-hybridized carbons (Fsp3) is 0.450. The number of halogens is 1. The number of rotatable bonds is 3.